The van der Waals surface area contributed by atoms with Gasteiger partial charge in [0.05, 0.1) is 17.0 Å². The van der Waals surface area contributed by atoms with E-state index >= 15 is 0 Å². The predicted octanol–water partition coefficient (Wildman–Crippen LogP) is 3.41. The van der Waals surface area contributed by atoms with E-state index < -0.39 is 0 Å². The van der Waals surface area contributed by atoms with Crippen LogP contribution in [-0.4, -0.2) is 43.4 Å². The largest absolute Gasteiger partial charge is 0.363 e. The van der Waals surface area contributed by atoms with Gasteiger partial charge in [0, 0.05) is 11.4 Å². The van der Waals surface area contributed by atoms with E-state index in [1.165, 1.54) is 17.0 Å². The molecule has 0 N–H and O–H groups in total. The fourth-order valence-electron chi connectivity index (χ4n) is 2.89. The van der Waals surface area contributed by atoms with Crippen molar-refractivity contribution in [1.29, 1.82) is 0 Å². The summed E-state index contributed by atoms with van der Waals surface area (Å²) in [4.78, 5) is 6.26. The van der Waals surface area contributed by atoms with Gasteiger partial charge in [-0.05, 0) is 39.2 Å². The third-order valence-corrected chi connectivity index (χ3v) is 5.17. The van der Waals surface area contributed by atoms with Crippen LogP contribution in [0.5, 0.6) is 0 Å². The summed E-state index contributed by atoms with van der Waals surface area (Å²) in [6.45, 7) is 2.26. The van der Waals surface area contributed by atoms with Gasteiger partial charge in [0.1, 0.15) is 0 Å². The molecule has 0 spiro atoms. The molecular formula is C17H22N2S. The second-order valence-electron chi connectivity index (χ2n) is 5.66. The molecule has 1 aromatic carbocycles. The summed E-state index contributed by atoms with van der Waals surface area (Å²) in [5.41, 5.74) is 1.40. The lowest BCUT2D eigenvalue weighted by molar-refractivity contribution is 0.398. The van der Waals surface area contributed by atoms with Crippen molar-refractivity contribution < 1.29 is 0 Å². The van der Waals surface area contributed by atoms with Crippen LogP contribution >= 0.6 is 11.8 Å². The number of fused-ring (bicyclic) bond motifs is 2. The van der Waals surface area contributed by atoms with Crippen molar-refractivity contribution in [2.24, 2.45) is 0 Å². The van der Waals surface area contributed by atoms with Crippen molar-refractivity contribution >= 4 is 17.4 Å². The zero-order valence-corrected chi connectivity index (χ0v) is 13.0. The van der Waals surface area contributed by atoms with Crippen LogP contribution in [0.3, 0.4) is 0 Å². The van der Waals surface area contributed by atoms with Gasteiger partial charge in [-0.25, -0.2) is 0 Å². The van der Waals surface area contributed by atoms with Gasteiger partial charge in [0.25, 0.3) is 0 Å². The first kappa shape index (κ1) is 13.8. The van der Waals surface area contributed by atoms with Crippen LogP contribution in [0.2, 0.25) is 0 Å². The van der Waals surface area contributed by atoms with Gasteiger partial charge in [0.2, 0.25) is 0 Å². The Morgan fingerprint density at radius 3 is 2.80 bits per heavy atom. The smallest absolute Gasteiger partial charge is 0.0634 e. The summed E-state index contributed by atoms with van der Waals surface area (Å²) >= 11 is 1.99. The topological polar surface area (TPSA) is 6.48 Å². The molecule has 2 aliphatic rings. The molecule has 3 heteroatoms. The third-order valence-electron chi connectivity index (χ3n) is 3.86. The highest BCUT2D eigenvalue weighted by Gasteiger charge is 2.32. The van der Waals surface area contributed by atoms with Crippen molar-refractivity contribution in [1.82, 2.24) is 4.90 Å². The summed E-state index contributed by atoms with van der Waals surface area (Å²) in [6, 6.07) is 9.32. The highest BCUT2D eigenvalue weighted by atomic mass is 32.2. The number of rotatable bonds is 4. The van der Waals surface area contributed by atoms with E-state index in [1.807, 2.05) is 11.8 Å². The highest BCUT2D eigenvalue weighted by Crippen LogP contribution is 2.43. The molecule has 0 amide bonds. The van der Waals surface area contributed by atoms with E-state index in [9.17, 15) is 0 Å². The van der Waals surface area contributed by atoms with Crippen LogP contribution in [-0.2, 0) is 0 Å². The first-order chi connectivity index (χ1) is 9.75. The van der Waals surface area contributed by atoms with Gasteiger partial charge in [-0.2, -0.15) is 0 Å². The minimum atomic E-state index is 0.502. The summed E-state index contributed by atoms with van der Waals surface area (Å²) in [5, 5.41) is 0.550. The molecule has 3 rings (SSSR count). The van der Waals surface area contributed by atoms with Gasteiger partial charge >= 0.3 is 0 Å². The molecule has 0 radical (unpaired) electrons. The van der Waals surface area contributed by atoms with Crippen molar-refractivity contribution in [2.75, 3.05) is 32.1 Å². The predicted molar refractivity (Wildman–Crippen MR) is 88.7 cm³/mol. The third kappa shape index (κ3) is 2.79. The van der Waals surface area contributed by atoms with Crippen LogP contribution in [0, 0.1) is 0 Å². The second kappa shape index (κ2) is 6.06. The number of para-hydroxylation sites is 1. The number of allylic oxidation sites excluding steroid dienone is 2. The summed E-state index contributed by atoms with van der Waals surface area (Å²) in [7, 11) is 4.29. The molecule has 20 heavy (non-hydrogen) atoms. The normalized spacial score (nSPS) is 23.9. The number of benzene rings is 1. The fraction of sp³-hybridized carbons (Fsp3) is 0.412. The number of thioether (sulfide) groups is 1. The maximum atomic E-state index is 2.58. The van der Waals surface area contributed by atoms with Crippen LogP contribution in [0.15, 0.2) is 53.5 Å². The first-order valence-corrected chi connectivity index (χ1v) is 8.16. The van der Waals surface area contributed by atoms with Gasteiger partial charge < -0.3 is 9.80 Å². The van der Waals surface area contributed by atoms with E-state index in [2.05, 4.69) is 72.5 Å². The fourth-order valence-corrected chi connectivity index (χ4v) is 4.20. The van der Waals surface area contributed by atoms with Crippen LogP contribution in [0.1, 0.15) is 6.42 Å². The Kier molecular flexibility index (Phi) is 4.18. The van der Waals surface area contributed by atoms with Crippen LogP contribution < -0.4 is 4.90 Å². The molecule has 1 aliphatic carbocycles. The number of anilines is 1. The zero-order valence-electron chi connectivity index (χ0n) is 12.2. The zero-order chi connectivity index (χ0) is 13.9. The highest BCUT2D eigenvalue weighted by molar-refractivity contribution is 8.00. The Hall–Kier alpha value is -1.19. The van der Waals surface area contributed by atoms with Crippen LogP contribution in [0.4, 0.5) is 5.69 Å². The standard InChI is InChI=1S/C17H22N2S/c1-18(2)12-7-13-19-14-8-3-5-10-16(14)20-17-11-6-4-9-15(17)19/h3-6,8-11,14,16H,7,12-13H2,1-2H3. The lowest BCUT2D eigenvalue weighted by Crippen LogP contribution is -2.45. The quantitative estimate of drug-likeness (QED) is 0.837. The molecule has 0 fully saturated rings. The van der Waals surface area contributed by atoms with Crippen molar-refractivity contribution in [3.05, 3.63) is 48.6 Å². The lowest BCUT2D eigenvalue weighted by Gasteiger charge is -2.42. The van der Waals surface area contributed by atoms with Gasteiger partial charge in [-0.1, -0.05) is 36.4 Å². The molecule has 0 aromatic heterocycles. The monoisotopic (exact) mass is 286 g/mol. The molecule has 0 bridgehead atoms. The van der Waals surface area contributed by atoms with Gasteiger partial charge in [-0.3, -0.25) is 0 Å². The average Bonchev–Trinajstić information content (AvgIpc) is 2.46. The maximum Gasteiger partial charge on any atom is 0.0634 e. The molecule has 2 atom stereocenters. The number of hydrogen-bond donors (Lipinski definition) is 0. The minimum Gasteiger partial charge on any atom is -0.363 e. The Labute approximate surface area is 126 Å². The van der Waals surface area contributed by atoms with Crippen molar-refractivity contribution in [3.8, 4) is 0 Å². The van der Waals surface area contributed by atoms with Gasteiger partial charge in [0.15, 0.2) is 0 Å². The Bertz CT molecular complexity index is 521. The molecule has 2 nitrogen and oxygen atoms in total. The Balaban J connectivity index is 1.83. The van der Waals surface area contributed by atoms with Gasteiger partial charge in [-0.15, -0.1) is 11.8 Å². The summed E-state index contributed by atoms with van der Waals surface area (Å²) in [5.74, 6) is 0. The SMILES string of the molecule is CN(C)CCCN1c2ccccc2SC2C=CC=CC21. The van der Waals surface area contributed by atoms with Crippen molar-refractivity contribution in [3.63, 3.8) is 0 Å². The maximum absolute atomic E-state index is 2.58. The van der Waals surface area contributed by atoms with E-state index in [0.717, 1.165) is 13.1 Å². The molecule has 106 valence electrons. The van der Waals surface area contributed by atoms with E-state index in [1.54, 1.807) is 0 Å². The molecule has 1 aliphatic heterocycles. The first-order valence-electron chi connectivity index (χ1n) is 7.28. The number of hydrogen-bond acceptors (Lipinski definition) is 3. The summed E-state index contributed by atoms with van der Waals surface area (Å²) in [6.07, 6.45) is 10.3. The van der Waals surface area contributed by atoms with E-state index in [4.69, 9.17) is 0 Å². The van der Waals surface area contributed by atoms with Crippen molar-refractivity contribution in [2.45, 2.75) is 22.6 Å². The second-order valence-corrected chi connectivity index (χ2v) is 6.88. The summed E-state index contributed by atoms with van der Waals surface area (Å²) < 4.78 is 0. The van der Waals surface area contributed by atoms with Crippen LogP contribution in [0.25, 0.3) is 0 Å². The molecule has 0 saturated heterocycles. The molecule has 1 heterocycles. The number of nitrogens with zero attached hydrogens (tertiary/aromatic N) is 2. The minimum absolute atomic E-state index is 0.502. The molecule has 1 aromatic rings. The van der Waals surface area contributed by atoms with E-state index in [-0.39, 0.29) is 0 Å². The molecular weight excluding hydrogens is 264 g/mol. The average molecular weight is 286 g/mol. The van der Waals surface area contributed by atoms with E-state index in [0.29, 0.717) is 11.3 Å². The molecule has 0 saturated carbocycles. The lowest BCUT2D eigenvalue weighted by atomic mass is 10.0. The molecule has 2 unspecified atom stereocenters. The Morgan fingerprint density at radius 1 is 1.15 bits per heavy atom. The Morgan fingerprint density at radius 2 is 1.95 bits per heavy atom.